The summed E-state index contributed by atoms with van der Waals surface area (Å²) in [5.41, 5.74) is 0. The van der Waals surface area contributed by atoms with Gasteiger partial charge in [0.1, 0.15) is 0 Å². The Morgan fingerprint density at radius 2 is 0.976 bits per heavy atom. The summed E-state index contributed by atoms with van der Waals surface area (Å²) < 4.78 is 0. The van der Waals surface area contributed by atoms with Gasteiger partial charge in [-0.1, -0.05) is 106 Å². The molecule has 4 aromatic rings. The SMILES string of the molecule is C=CC=CC.CCCCP(CCCC)c1cc2ccccc2[cH-]1.CCCCP(CCCC)c1cc2ccccc2[cH-]1.[Ti+2]. The topological polar surface area (TPSA) is 0 Å². The smallest absolute Gasteiger partial charge is 0.161 e. The molecule has 0 N–H and O–H groups in total. The molecule has 0 atom stereocenters. The van der Waals surface area contributed by atoms with Gasteiger partial charge in [0.05, 0.1) is 0 Å². The molecule has 4 aromatic carbocycles. The Morgan fingerprint density at radius 3 is 1.24 bits per heavy atom. The minimum atomic E-state index is 0. The van der Waals surface area contributed by atoms with Crippen molar-refractivity contribution in [3.05, 3.63) is 97.6 Å². The van der Waals surface area contributed by atoms with Crippen molar-refractivity contribution in [2.75, 3.05) is 24.6 Å². The largest absolute Gasteiger partial charge is 2.00 e. The summed E-state index contributed by atoms with van der Waals surface area (Å²) >= 11 is 0. The maximum Gasteiger partial charge on any atom is 2.00 e. The standard InChI is InChI=1S/2C17H24P.C5H8.Ti/c2*1-3-5-11-18(12-6-4-2)17-13-15-9-7-8-10-16(15)14-17;1-3-5-4-2;/h2*7-10,13-14H,3-6,11-12H2,1-2H3;3-5H,1H2,2H3;/q2*-1;;+2. The van der Waals surface area contributed by atoms with Crippen molar-refractivity contribution in [3.63, 3.8) is 0 Å². The van der Waals surface area contributed by atoms with Gasteiger partial charge in [-0.15, -0.1) is 80.7 Å². The van der Waals surface area contributed by atoms with Gasteiger partial charge in [-0.25, -0.2) is 0 Å². The quantitative estimate of drug-likeness (QED) is 0.0528. The maximum atomic E-state index is 3.46. The monoisotopic (exact) mass is 634 g/mol. The Kier molecular flexibility index (Phi) is 22.2. The number of fused-ring (bicyclic) bond motifs is 2. The van der Waals surface area contributed by atoms with Crippen LogP contribution in [0.1, 0.15) is 86.0 Å². The minimum absolute atomic E-state index is 0. The van der Waals surface area contributed by atoms with E-state index in [2.05, 4.69) is 107 Å². The molecule has 0 saturated carbocycles. The summed E-state index contributed by atoms with van der Waals surface area (Å²) in [6.45, 7) is 14.6. The molecule has 0 bridgehead atoms. The van der Waals surface area contributed by atoms with Crippen LogP contribution in [0.4, 0.5) is 0 Å². The molecule has 0 unspecified atom stereocenters. The average molecular weight is 635 g/mol. The third-order valence-electron chi connectivity index (χ3n) is 7.39. The molecule has 0 nitrogen and oxygen atoms in total. The summed E-state index contributed by atoms with van der Waals surface area (Å²) in [5.74, 6) is 0. The van der Waals surface area contributed by atoms with E-state index in [0.29, 0.717) is 0 Å². The van der Waals surface area contributed by atoms with E-state index in [4.69, 9.17) is 0 Å². The maximum absolute atomic E-state index is 3.46. The molecular weight excluding hydrogens is 578 g/mol. The van der Waals surface area contributed by atoms with Crippen molar-refractivity contribution in [1.29, 1.82) is 0 Å². The first-order chi connectivity index (χ1) is 20.1. The van der Waals surface area contributed by atoms with Crippen molar-refractivity contribution in [1.82, 2.24) is 0 Å². The molecule has 0 aromatic heterocycles. The molecule has 3 heteroatoms. The first-order valence-corrected chi connectivity index (χ1v) is 19.6. The van der Waals surface area contributed by atoms with Crippen LogP contribution in [-0.4, -0.2) is 24.6 Å². The molecule has 226 valence electrons. The molecular formula is C39H56P2Ti. The predicted octanol–water partition coefficient (Wildman–Crippen LogP) is 12.3. The Hall–Kier alpha value is -1.29. The Labute approximate surface area is 276 Å². The summed E-state index contributed by atoms with van der Waals surface area (Å²) in [4.78, 5) is 0. The van der Waals surface area contributed by atoms with E-state index in [1.807, 2.05) is 19.1 Å². The van der Waals surface area contributed by atoms with E-state index in [-0.39, 0.29) is 37.6 Å². The van der Waals surface area contributed by atoms with Gasteiger partial charge in [-0.2, -0.15) is 12.1 Å². The zero-order valence-electron chi connectivity index (χ0n) is 27.2. The fraction of sp³-hybridized carbons (Fsp3) is 0.436. The normalized spacial score (nSPS) is 10.9. The summed E-state index contributed by atoms with van der Waals surface area (Å²) in [6, 6.07) is 27.3. The molecule has 0 heterocycles. The number of unbranched alkanes of at least 4 members (excludes halogenated alkanes) is 4. The van der Waals surface area contributed by atoms with Crippen LogP contribution in [0.25, 0.3) is 21.5 Å². The molecule has 0 radical (unpaired) electrons. The van der Waals surface area contributed by atoms with Crippen LogP contribution in [0.15, 0.2) is 97.6 Å². The van der Waals surface area contributed by atoms with Gasteiger partial charge in [-0.3, -0.25) is 0 Å². The molecule has 0 spiro atoms. The molecule has 0 aliphatic carbocycles. The molecule has 0 amide bonds. The van der Waals surface area contributed by atoms with Gasteiger partial charge >= 0.3 is 21.7 Å². The number of hydrogen-bond acceptors (Lipinski definition) is 0. The van der Waals surface area contributed by atoms with Gasteiger partial charge in [-0.05, 0) is 57.3 Å². The van der Waals surface area contributed by atoms with E-state index in [9.17, 15) is 0 Å². The summed E-state index contributed by atoms with van der Waals surface area (Å²) in [5, 5.41) is 8.96. The van der Waals surface area contributed by atoms with Crippen LogP contribution >= 0.6 is 15.8 Å². The predicted molar refractivity (Wildman–Crippen MR) is 196 cm³/mol. The molecule has 4 rings (SSSR count). The Bertz CT molecular complexity index is 1080. The fourth-order valence-corrected chi connectivity index (χ4v) is 10.5. The summed E-state index contributed by atoms with van der Waals surface area (Å²) in [7, 11) is 0.171. The van der Waals surface area contributed by atoms with E-state index >= 15 is 0 Å². The second-order valence-electron chi connectivity index (χ2n) is 10.8. The van der Waals surface area contributed by atoms with E-state index in [1.54, 1.807) is 16.7 Å². The zero-order chi connectivity index (χ0) is 29.7. The van der Waals surface area contributed by atoms with Crippen molar-refractivity contribution in [3.8, 4) is 0 Å². The fourth-order valence-electron chi connectivity index (χ4n) is 4.91. The molecule has 42 heavy (non-hydrogen) atoms. The average Bonchev–Trinajstić information content (AvgIpc) is 3.63. The number of benzene rings is 2. The van der Waals surface area contributed by atoms with Crippen LogP contribution in [0.3, 0.4) is 0 Å². The van der Waals surface area contributed by atoms with Gasteiger partial charge in [0, 0.05) is 0 Å². The van der Waals surface area contributed by atoms with Crippen LogP contribution in [0.5, 0.6) is 0 Å². The second-order valence-corrected chi connectivity index (χ2v) is 15.8. The van der Waals surface area contributed by atoms with Crippen molar-refractivity contribution < 1.29 is 21.7 Å². The number of hydrogen-bond donors (Lipinski definition) is 0. The van der Waals surface area contributed by atoms with Crippen molar-refractivity contribution >= 4 is 48.0 Å². The van der Waals surface area contributed by atoms with Crippen molar-refractivity contribution in [2.24, 2.45) is 0 Å². The molecule has 0 fully saturated rings. The van der Waals surface area contributed by atoms with E-state index < -0.39 is 0 Å². The van der Waals surface area contributed by atoms with Crippen LogP contribution in [-0.2, 0) is 21.7 Å². The summed E-state index contributed by atoms with van der Waals surface area (Å²) in [6.07, 6.45) is 22.1. The van der Waals surface area contributed by atoms with Crippen LogP contribution < -0.4 is 10.6 Å². The number of rotatable bonds is 15. The van der Waals surface area contributed by atoms with Crippen molar-refractivity contribution in [2.45, 2.75) is 86.0 Å². The minimum Gasteiger partial charge on any atom is -0.161 e. The Morgan fingerprint density at radius 1 is 0.619 bits per heavy atom. The van der Waals surface area contributed by atoms with E-state index in [0.717, 1.165) is 0 Å². The van der Waals surface area contributed by atoms with Gasteiger partial charge in [0.2, 0.25) is 0 Å². The third kappa shape index (κ3) is 14.0. The zero-order valence-corrected chi connectivity index (χ0v) is 30.6. The van der Waals surface area contributed by atoms with Crippen LogP contribution in [0.2, 0.25) is 0 Å². The first kappa shape index (κ1) is 38.7. The van der Waals surface area contributed by atoms with Gasteiger partial charge < -0.3 is 0 Å². The third-order valence-corrected chi connectivity index (χ3v) is 12.8. The molecule has 0 saturated heterocycles. The van der Waals surface area contributed by atoms with Gasteiger partial charge in [0.25, 0.3) is 0 Å². The molecule has 0 aliphatic rings. The Balaban J connectivity index is 0.000000355. The van der Waals surface area contributed by atoms with E-state index in [1.165, 1.54) is 97.6 Å². The second kappa shape index (κ2) is 24.1. The van der Waals surface area contributed by atoms with Crippen LogP contribution in [0, 0.1) is 0 Å². The first-order valence-electron chi connectivity index (χ1n) is 16.2. The number of allylic oxidation sites excluding steroid dienone is 3. The van der Waals surface area contributed by atoms with Gasteiger partial charge in [0.15, 0.2) is 0 Å². The molecule has 0 aliphatic heterocycles.